The fourth-order valence-electron chi connectivity index (χ4n) is 1.72. The number of aryl methyl sites for hydroxylation is 1. The van der Waals surface area contributed by atoms with Gasteiger partial charge >= 0.3 is 5.69 Å². The highest BCUT2D eigenvalue weighted by Crippen LogP contribution is 2.17. The molecule has 2 aromatic rings. The maximum Gasteiger partial charge on any atom is 0.332 e. The van der Waals surface area contributed by atoms with E-state index in [1.165, 1.54) is 6.92 Å². The second-order valence-electron chi connectivity index (χ2n) is 4.44. The molecule has 0 aliphatic heterocycles. The summed E-state index contributed by atoms with van der Waals surface area (Å²) in [5, 5.41) is 0. The van der Waals surface area contributed by atoms with E-state index in [1.54, 1.807) is 0 Å². The van der Waals surface area contributed by atoms with Gasteiger partial charge in [-0.15, -0.1) is 0 Å². The predicted molar refractivity (Wildman–Crippen MR) is 89.9 cm³/mol. The van der Waals surface area contributed by atoms with Crippen molar-refractivity contribution in [2.45, 2.75) is 58.6 Å². The van der Waals surface area contributed by atoms with E-state index in [1.807, 2.05) is 0 Å². The predicted octanol–water partition coefficient (Wildman–Crippen LogP) is 1.81. The molecule has 2 heterocycles. The highest BCUT2D eigenvalue weighted by atomic mass is 19.1. The zero-order valence-electron chi connectivity index (χ0n) is 28.7. The Bertz CT molecular complexity index is 1390. The van der Waals surface area contributed by atoms with Crippen LogP contribution in [-0.4, -0.2) is 31.0 Å². The number of hydrogen-bond donors (Lipinski definition) is 0. The van der Waals surface area contributed by atoms with E-state index in [9.17, 15) is 9.59 Å². The Hall–Kier alpha value is -1.96. The first-order chi connectivity index (χ1) is 17.5. The third-order valence-electron chi connectivity index (χ3n) is 2.72. The number of hydrogen-bond acceptors (Lipinski definition) is 4. The van der Waals surface area contributed by atoms with Gasteiger partial charge in [-0.05, 0) is 39.7 Å². The summed E-state index contributed by atoms with van der Waals surface area (Å²) in [5.41, 5.74) is -10.1. The lowest BCUT2D eigenvalue weighted by Gasteiger charge is -2.14. The van der Waals surface area contributed by atoms with Gasteiger partial charge in [0.1, 0.15) is 12.4 Å². The lowest BCUT2D eigenvalue weighted by atomic mass is 10.0. The molecule has 0 amide bonds. The van der Waals surface area contributed by atoms with Gasteiger partial charge in [-0.3, -0.25) is 13.9 Å². The van der Waals surface area contributed by atoms with E-state index in [0.29, 0.717) is 15.5 Å². The molecule has 2 aromatic heterocycles. The van der Waals surface area contributed by atoms with Crippen LogP contribution in [-0.2, 0) is 25.0 Å². The van der Waals surface area contributed by atoms with Crippen LogP contribution in [0.1, 0.15) is 61.7 Å². The SMILES string of the molecule is [2H]C([2H])(OCC)n1cnc2c1c(=O)n(C([2H])([2H])C([2H])([2H])C([2H])([2H])C([2H])([2H])C(F)(C([2H])([2H])[2H])C([2H])([2H])[2H])c(=O)n2C. The van der Waals surface area contributed by atoms with Gasteiger partial charge in [0.2, 0.25) is 0 Å². The summed E-state index contributed by atoms with van der Waals surface area (Å²) >= 11 is 0. The number of alkyl halides is 1. The molecule has 134 valence electrons. The molecular formula is C16H25FN4O3. The second kappa shape index (κ2) is 7.29. The van der Waals surface area contributed by atoms with Crippen molar-refractivity contribution in [2.24, 2.45) is 7.05 Å². The first-order valence-electron chi connectivity index (χ1n) is 14.5. The first kappa shape index (κ1) is 6.40. The Morgan fingerprint density at radius 3 is 2.83 bits per heavy atom. The monoisotopic (exact) mass is 356 g/mol. The van der Waals surface area contributed by atoms with Gasteiger partial charge in [0.15, 0.2) is 11.2 Å². The van der Waals surface area contributed by atoms with Crippen LogP contribution < -0.4 is 11.2 Å². The van der Waals surface area contributed by atoms with Gasteiger partial charge in [-0.25, -0.2) is 14.2 Å². The second-order valence-corrected chi connectivity index (χ2v) is 4.44. The van der Waals surface area contributed by atoms with E-state index < -0.39 is 78.7 Å². The molecule has 8 heteroatoms. The van der Waals surface area contributed by atoms with Gasteiger partial charge < -0.3 is 9.30 Å². The lowest BCUT2D eigenvalue weighted by molar-refractivity contribution is 0.0903. The number of imidazole rings is 1. The van der Waals surface area contributed by atoms with E-state index in [0.717, 1.165) is 7.05 Å². The zero-order valence-corrected chi connectivity index (χ0v) is 12.7. The Morgan fingerprint density at radius 2 is 2.17 bits per heavy atom. The summed E-state index contributed by atoms with van der Waals surface area (Å²) in [6, 6.07) is 0. The lowest BCUT2D eigenvalue weighted by Crippen LogP contribution is -2.39. The summed E-state index contributed by atoms with van der Waals surface area (Å²) in [6.45, 7) is -14.9. The van der Waals surface area contributed by atoms with E-state index in [4.69, 9.17) is 26.7 Å². The quantitative estimate of drug-likeness (QED) is 0.723. The Kier molecular flexibility index (Phi) is 1.95. The first-order valence-corrected chi connectivity index (χ1v) is 6.55. The minimum atomic E-state index is -5.12. The normalized spacial score (nSPS) is 26.1. The standard InChI is InChI=1S/C16H25FN4O3/c1-5-24-11-20-10-18-13-12(20)14(22)21(15(23)19(13)4)9-7-6-8-16(2,3)17/h10H,5-9,11H2,1-4H3/i2D3,3D3,6D2,7D2,8D2,9D2,11D2. The molecule has 0 radical (unpaired) electrons. The molecule has 0 saturated carbocycles. The molecule has 0 fully saturated rings. The molecule has 0 N–H and O–H groups in total. The van der Waals surface area contributed by atoms with Crippen molar-refractivity contribution in [2.75, 3.05) is 6.61 Å². The van der Waals surface area contributed by atoms with Crippen molar-refractivity contribution >= 4 is 11.2 Å². The van der Waals surface area contributed by atoms with Crippen molar-refractivity contribution in [3.63, 3.8) is 0 Å². The Balaban J connectivity index is 3.00. The van der Waals surface area contributed by atoms with Crippen molar-refractivity contribution < 1.29 is 31.1 Å². The third kappa shape index (κ3) is 3.92. The van der Waals surface area contributed by atoms with Crippen molar-refractivity contribution in [3.05, 3.63) is 27.2 Å². The Morgan fingerprint density at radius 1 is 1.42 bits per heavy atom. The number of fused-ring (bicyclic) bond motifs is 1. The van der Waals surface area contributed by atoms with Crippen LogP contribution in [0, 0.1) is 0 Å². The van der Waals surface area contributed by atoms with Crippen LogP contribution in [0.2, 0.25) is 0 Å². The van der Waals surface area contributed by atoms with Crippen LogP contribution in [0.5, 0.6) is 0 Å². The molecule has 7 nitrogen and oxygen atoms in total. The summed E-state index contributed by atoms with van der Waals surface area (Å²) in [6.07, 6.45) is -13.4. The summed E-state index contributed by atoms with van der Waals surface area (Å²) in [5.74, 6) is 0. The Labute approximate surface area is 162 Å². The molecule has 0 saturated heterocycles. The summed E-state index contributed by atoms with van der Waals surface area (Å²) in [7, 11) is 0.906. The molecule has 2 rings (SSSR count). The molecule has 0 aromatic carbocycles. The average molecular weight is 356 g/mol. The third-order valence-corrected chi connectivity index (χ3v) is 2.72. The fourth-order valence-corrected chi connectivity index (χ4v) is 1.72. The van der Waals surface area contributed by atoms with Crippen LogP contribution in [0.4, 0.5) is 4.39 Å². The number of nitrogens with zero attached hydrogens (tertiary/aromatic N) is 4. The van der Waals surface area contributed by atoms with Crippen LogP contribution in [0.3, 0.4) is 0 Å². The molecule has 0 atom stereocenters. The molecule has 0 spiro atoms. The fraction of sp³-hybridized carbons (Fsp3) is 0.688. The van der Waals surface area contributed by atoms with Crippen LogP contribution in [0.15, 0.2) is 15.9 Å². The number of halogens is 1. The van der Waals surface area contributed by atoms with Crippen molar-refractivity contribution in [3.8, 4) is 0 Å². The molecule has 0 unspecified atom stereocenters. The van der Waals surface area contributed by atoms with Gasteiger partial charge in [0.05, 0.1) is 11.8 Å². The highest BCUT2D eigenvalue weighted by molar-refractivity contribution is 5.69. The van der Waals surface area contributed by atoms with E-state index >= 15 is 4.39 Å². The zero-order chi connectivity index (χ0) is 31.9. The molecule has 0 bridgehead atoms. The largest absolute Gasteiger partial charge is 0.361 e. The van der Waals surface area contributed by atoms with Gasteiger partial charge in [0.25, 0.3) is 5.56 Å². The number of rotatable bonds is 8. The average Bonchev–Trinajstić information content (AvgIpc) is 3.21. The maximum absolute atomic E-state index is 15.8. The highest BCUT2D eigenvalue weighted by Gasteiger charge is 2.17. The smallest absolute Gasteiger partial charge is 0.332 e. The molecule has 24 heavy (non-hydrogen) atoms. The number of ether oxygens (including phenoxy) is 1. The minimum Gasteiger partial charge on any atom is -0.361 e. The van der Waals surface area contributed by atoms with Gasteiger partial charge in [-0.2, -0.15) is 0 Å². The number of aromatic nitrogens is 4. The van der Waals surface area contributed by atoms with Gasteiger partial charge in [0, 0.05) is 36.6 Å². The minimum absolute atomic E-state index is 0.247. The van der Waals surface area contributed by atoms with E-state index in [-0.39, 0.29) is 6.61 Å². The van der Waals surface area contributed by atoms with E-state index in [2.05, 4.69) is 4.98 Å². The summed E-state index contributed by atoms with van der Waals surface area (Å²) in [4.78, 5) is 30.2. The van der Waals surface area contributed by atoms with Crippen LogP contribution in [0.25, 0.3) is 11.2 Å². The molecular weight excluding hydrogens is 315 g/mol. The van der Waals surface area contributed by atoms with Gasteiger partial charge in [-0.1, -0.05) is 0 Å². The topological polar surface area (TPSA) is 71.1 Å². The molecule has 0 aliphatic rings. The molecule has 0 aliphatic carbocycles. The maximum atomic E-state index is 15.8. The van der Waals surface area contributed by atoms with Crippen LogP contribution >= 0.6 is 0 Å². The van der Waals surface area contributed by atoms with Crippen molar-refractivity contribution in [1.82, 2.24) is 18.7 Å². The summed E-state index contributed by atoms with van der Waals surface area (Å²) < 4.78 is 146. The van der Waals surface area contributed by atoms with Crippen molar-refractivity contribution in [1.29, 1.82) is 0 Å².